The molecule has 1 aliphatic heterocycles. The second-order valence-corrected chi connectivity index (χ2v) is 0.706. The van der Waals surface area contributed by atoms with Crippen LogP contribution >= 0.6 is 0 Å². The fourth-order valence-corrected chi connectivity index (χ4v) is 0.150. The van der Waals surface area contributed by atoms with E-state index in [-0.39, 0.29) is 0 Å². The van der Waals surface area contributed by atoms with Crippen molar-refractivity contribution >= 4 is 6.34 Å². The zero-order valence-electron chi connectivity index (χ0n) is 2.75. The molecule has 0 aromatic heterocycles. The minimum absolute atomic E-state index is 0.505. The second kappa shape index (κ2) is 1.11. The smallest absolute Gasteiger partial charge is 0.362 e. The van der Waals surface area contributed by atoms with Crippen molar-refractivity contribution in [2.75, 3.05) is 0 Å². The van der Waals surface area contributed by atoms with Crippen LogP contribution in [0.3, 0.4) is 0 Å². The number of rotatable bonds is 0. The lowest BCUT2D eigenvalue weighted by Gasteiger charge is -1.93. The SMILES string of the molecule is [O-][NH+]1[C]=NN=N1. The fraction of sp³-hybridized carbons (Fsp3) is 0. The molecule has 0 saturated carbocycles. The molecule has 1 aliphatic rings. The number of nitrogens with zero attached hydrogens (tertiary/aromatic N) is 3. The third kappa shape index (κ3) is 0.399. The number of nitrogens with one attached hydrogen (secondary N) is 1. The highest BCUT2D eigenvalue weighted by Crippen LogP contribution is 1.68. The molecule has 6 heavy (non-hydrogen) atoms. The van der Waals surface area contributed by atoms with Gasteiger partial charge >= 0.3 is 6.34 Å². The molecule has 0 aliphatic carbocycles. The molecule has 1 unspecified atom stereocenters. The first-order chi connectivity index (χ1) is 2.89. The van der Waals surface area contributed by atoms with Crippen molar-refractivity contribution in [3.8, 4) is 0 Å². The first-order valence-electron chi connectivity index (χ1n) is 1.30. The van der Waals surface area contributed by atoms with Crippen LogP contribution in [-0.4, -0.2) is 6.34 Å². The Bertz CT molecular complexity index is 83.7. The van der Waals surface area contributed by atoms with Crippen molar-refractivity contribution in [1.29, 1.82) is 0 Å². The van der Waals surface area contributed by atoms with Crippen LogP contribution in [-0.2, 0) is 0 Å². The molecule has 1 rings (SSSR count). The Morgan fingerprint density at radius 1 is 1.67 bits per heavy atom. The summed E-state index contributed by atoms with van der Waals surface area (Å²) in [4.78, 5) is 0. The molecule has 0 saturated heterocycles. The van der Waals surface area contributed by atoms with Crippen LogP contribution in [0.15, 0.2) is 15.5 Å². The van der Waals surface area contributed by atoms with Crippen LogP contribution in [0, 0.1) is 5.21 Å². The summed E-state index contributed by atoms with van der Waals surface area (Å²) in [6.07, 6.45) is 1.97. The molecule has 1 atom stereocenters. The van der Waals surface area contributed by atoms with Gasteiger partial charge in [-0.2, -0.15) is 5.17 Å². The van der Waals surface area contributed by atoms with Gasteiger partial charge in [-0.05, 0) is 0 Å². The van der Waals surface area contributed by atoms with Crippen molar-refractivity contribution < 1.29 is 5.17 Å². The number of hydroxylamine groups is 1. The van der Waals surface area contributed by atoms with E-state index >= 15 is 0 Å². The van der Waals surface area contributed by atoms with Crippen molar-refractivity contribution in [3.05, 3.63) is 5.21 Å². The Kier molecular flexibility index (Phi) is 0.627. The number of quaternary nitrogens is 1. The summed E-state index contributed by atoms with van der Waals surface area (Å²) < 4.78 is 0. The fourth-order valence-electron chi connectivity index (χ4n) is 0.150. The maximum Gasteiger partial charge on any atom is 0.362 e. The normalized spacial score (nSPS) is 29.2. The molecule has 1 radical (unpaired) electrons. The molecule has 5 heteroatoms. The standard InChI is InChI=1S/CHN4O/c6-5-1-2-3-4-5/h5H. The van der Waals surface area contributed by atoms with Crippen molar-refractivity contribution in [3.63, 3.8) is 0 Å². The molecule has 0 amide bonds. The quantitative estimate of drug-likeness (QED) is 0.360. The monoisotopic (exact) mass is 85.0 g/mol. The lowest BCUT2D eigenvalue weighted by atomic mass is 11.3. The zero-order valence-corrected chi connectivity index (χ0v) is 2.75. The van der Waals surface area contributed by atoms with Crippen molar-refractivity contribution in [1.82, 2.24) is 0 Å². The summed E-state index contributed by atoms with van der Waals surface area (Å²) in [6, 6.07) is 0. The third-order valence-electron chi connectivity index (χ3n) is 0.326. The molecule has 0 bridgehead atoms. The van der Waals surface area contributed by atoms with Crippen LogP contribution in [0.1, 0.15) is 0 Å². The molecule has 1 N–H and O–H groups in total. The van der Waals surface area contributed by atoms with Crippen LogP contribution in [0.25, 0.3) is 0 Å². The zero-order chi connectivity index (χ0) is 4.41. The first-order valence-corrected chi connectivity index (χ1v) is 1.30. The Morgan fingerprint density at radius 3 is 2.67 bits per heavy atom. The predicted octanol–water partition coefficient (Wildman–Crippen LogP) is -1.43. The van der Waals surface area contributed by atoms with E-state index in [2.05, 4.69) is 15.5 Å². The highest BCUT2D eigenvalue weighted by Gasteiger charge is 1.93. The molecule has 0 spiro atoms. The summed E-state index contributed by atoms with van der Waals surface area (Å²) in [5, 5.41) is 18.2. The second-order valence-electron chi connectivity index (χ2n) is 0.706. The van der Waals surface area contributed by atoms with Crippen LogP contribution in [0.5, 0.6) is 0 Å². The van der Waals surface area contributed by atoms with Gasteiger partial charge in [-0.25, -0.2) is 0 Å². The number of hydrogen-bond donors (Lipinski definition) is 1. The average molecular weight is 85.0 g/mol. The van der Waals surface area contributed by atoms with E-state index in [1.165, 1.54) is 0 Å². The molecular weight excluding hydrogens is 84.0 g/mol. The largest absolute Gasteiger partial charge is 0.598 e. The summed E-state index contributed by atoms with van der Waals surface area (Å²) in [7, 11) is 0. The Morgan fingerprint density at radius 2 is 2.50 bits per heavy atom. The van der Waals surface area contributed by atoms with Gasteiger partial charge in [0, 0.05) is 5.22 Å². The Hall–Kier alpha value is -0.810. The van der Waals surface area contributed by atoms with E-state index < -0.39 is 5.17 Å². The van der Waals surface area contributed by atoms with E-state index in [4.69, 9.17) is 0 Å². The molecular formula is CHN4O. The summed E-state index contributed by atoms with van der Waals surface area (Å²) in [6.45, 7) is 0. The summed E-state index contributed by atoms with van der Waals surface area (Å²) >= 11 is 0. The number of hydrogen-bond acceptors (Lipinski definition) is 4. The van der Waals surface area contributed by atoms with Crippen molar-refractivity contribution in [2.24, 2.45) is 15.5 Å². The molecule has 1 heterocycles. The van der Waals surface area contributed by atoms with Gasteiger partial charge in [-0.3, -0.25) is 0 Å². The minimum Gasteiger partial charge on any atom is -0.598 e. The lowest BCUT2D eigenvalue weighted by Crippen LogP contribution is -2.99. The van der Waals surface area contributed by atoms with Crippen LogP contribution in [0.2, 0.25) is 0 Å². The van der Waals surface area contributed by atoms with E-state index in [1.54, 1.807) is 0 Å². The molecule has 5 nitrogen and oxygen atoms in total. The Labute approximate surface area is 33.5 Å². The first kappa shape index (κ1) is 3.38. The van der Waals surface area contributed by atoms with Gasteiger partial charge in [0.25, 0.3) is 0 Å². The average Bonchev–Trinajstić information content (AvgIpc) is 1.86. The van der Waals surface area contributed by atoms with Gasteiger partial charge in [-0.15, -0.1) is 0 Å². The topological polar surface area (TPSA) is 64.6 Å². The van der Waals surface area contributed by atoms with E-state index in [1.807, 2.05) is 6.34 Å². The van der Waals surface area contributed by atoms with E-state index in [0.29, 0.717) is 0 Å². The molecule has 0 aromatic rings. The molecule has 0 aromatic carbocycles. The van der Waals surface area contributed by atoms with Gasteiger partial charge < -0.3 is 5.21 Å². The summed E-state index contributed by atoms with van der Waals surface area (Å²) in [5.74, 6) is 0. The van der Waals surface area contributed by atoms with Gasteiger partial charge in [-0.1, -0.05) is 5.10 Å². The van der Waals surface area contributed by atoms with Crippen LogP contribution < -0.4 is 5.17 Å². The molecule has 0 fully saturated rings. The minimum atomic E-state index is -0.505. The lowest BCUT2D eigenvalue weighted by molar-refractivity contribution is -0.748. The summed E-state index contributed by atoms with van der Waals surface area (Å²) in [5.41, 5.74) is 0. The van der Waals surface area contributed by atoms with Crippen LogP contribution in [0.4, 0.5) is 0 Å². The maximum atomic E-state index is 9.78. The van der Waals surface area contributed by atoms with Crippen molar-refractivity contribution in [2.45, 2.75) is 0 Å². The highest BCUT2D eigenvalue weighted by atomic mass is 16.5. The Balaban J connectivity index is 2.60. The van der Waals surface area contributed by atoms with Gasteiger partial charge in [0.05, 0.1) is 5.22 Å². The predicted molar refractivity (Wildman–Crippen MR) is 16.6 cm³/mol. The van der Waals surface area contributed by atoms with Gasteiger partial charge in [0.2, 0.25) is 0 Å². The van der Waals surface area contributed by atoms with E-state index in [0.717, 1.165) is 0 Å². The third-order valence-corrected chi connectivity index (χ3v) is 0.326. The van der Waals surface area contributed by atoms with Gasteiger partial charge in [0.1, 0.15) is 0 Å². The van der Waals surface area contributed by atoms with E-state index in [9.17, 15) is 5.21 Å². The van der Waals surface area contributed by atoms with Gasteiger partial charge in [0.15, 0.2) is 0 Å². The highest BCUT2D eigenvalue weighted by molar-refractivity contribution is 5.43. The molecule has 31 valence electrons. The maximum absolute atomic E-state index is 9.78.